The Morgan fingerprint density at radius 2 is 2.25 bits per heavy atom. The molecule has 0 spiro atoms. The van der Waals surface area contributed by atoms with E-state index in [1.807, 2.05) is 25.1 Å². The third-order valence-electron chi connectivity index (χ3n) is 1.89. The van der Waals surface area contributed by atoms with Gasteiger partial charge in [0, 0.05) is 11.7 Å². The minimum atomic E-state index is 0.106. The molecule has 1 aromatic rings. The van der Waals surface area contributed by atoms with Crippen molar-refractivity contribution >= 4 is 0 Å². The Bertz CT molecular complexity index is 245. The molecule has 0 saturated heterocycles. The van der Waals surface area contributed by atoms with Gasteiger partial charge >= 0.3 is 0 Å². The second-order valence-corrected chi connectivity index (χ2v) is 3.10. The average molecular weight is 164 g/mol. The van der Waals surface area contributed by atoms with Gasteiger partial charge in [-0.3, -0.25) is 4.98 Å². The summed E-state index contributed by atoms with van der Waals surface area (Å²) in [5.74, 6) is 0. The molecule has 0 amide bonds. The normalized spacial score (nSPS) is 12.9. The summed E-state index contributed by atoms with van der Waals surface area (Å²) in [5.41, 5.74) is 7.96. The monoisotopic (exact) mass is 164 g/mol. The summed E-state index contributed by atoms with van der Waals surface area (Å²) in [6.07, 6.45) is 2.12. The highest BCUT2D eigenvalue weighted by Gasteiger charge is 2.04. The maximum absolute atomic E-state index is 5.91. The van der Waals surface area contributed by atoms with Crippen molar-refractivity contribution in [1.29, 1.82) is 0 Å². The lowest BCUT2D eigenvalue weighted by atomic mass is 10.1. The summed E-state index contributed by atoms with van der Waals surface area (Å²) in [6.45, 7) is 4.12. The Labute approximate surface area is 73.8 Å². The molecular formula is C10H16N2. The first kappa shape index (κ1) is 9.20. The number of hydrogen-bond acceptors (Lipinski definition) is 2. The van der Waals surface area contributed by atoms with E-state index in [2.05, 4.69) is 11.9 Å². The molecule has 0 saturated carbocycles. The number of aromatic nitrogens is 1. The molecule has 66 valence electrons. The summed E-state index contributed by atoms with van der Waals surface area (Å²) >= 11 is 0. The molecule has 2 nitrogen and oxygen atoms in total. The first-order valence-corrected chi connectivity index (χ1v) is 4.43. The molecule has 0 aliphatic heterocycles. The fraction of sp³-hybridized carbons (Fsp3) is 0.500. The molecule has 0 aliphatic carbocycles. The molecule has 1 heterocycles. The number of aryl methyl sites for hydroxylation is 1. The van der Waals surface area contributed by atoms with Crippen LogP contribution >= 0.6 is 0 Å². The standard InChI is InChI=1S/C10H16N2/c1-3-5-9(11)10-7-4-6-8(2)12-10/h4,6-7,9H,3,5,11H2,1-2H3/t9-/m1/s1. The van der Waals surface area contributed by atoms with Gasteiger partial charge in [-0.1, -0.05) is 19.4 Å². The van der Waals surface area contributed by atoms with E-state index in [4.69, 9.17) is 5.73 Å². The lowest BCUT2D eigenvalue weighted by molar-refractivity contribution is 0.620. The van der Waals surface area contributed by atoms with E-state index < -0.39 is 0 Å². The van der Waals surface area contributed by atoms with Crippen molar-refractivity contribution in [3.8, 4) is 0 Å². The van der Waals surface area contributed by atoms with Gasteiger partial charge in [-0.25, -0.2) is 0 Å². The maximum Gasteiger partial charge on any atom is 0.0574 e. The van der Waals surface area contributed by atoms with Crippen molar-refractivity contribution in [2.45, 2.75) is 32.7 Å². The molecule has 2 N–H and O–H groups in total. The fourth-order valence-electron chi connectivity index (χ4n) is 1.23. The highest BCUT2D eigenvalue weighted by Crippen LogP contribution is 2.12. The van der Waals surface area contributed by atoms with Gasteiger partial charge in [0.25, 0.3) is 0 Å². The third-order valence-corrected chi connectivity index (χ3v) is 1.89. The Morgan fingerprint density at radius 3 is 2.83 bits per heavy atom. The highest BCUT2D eigenvalue weighted by atomic mass is 14.8. The van der Waals surface area contributed by atoms with Crippen LogP contribution in [0.5, 0.6) is 0 Å². The number of pyridine rings is 1. The molecule has 12 heavy (non-hydrogen) atoms. The summed E-state index contributed by atoms with van der Waals surface area (Å²) in [5, 5.41) is 0. The number of hydrogen-bond donors (Lipinski definition) is 1. The first-order chi connectivity index (χ1) is 5.74. The van der Waals surface area contributed by atoms with Crippen LogP contribution in [0.2, 0.25) is 0 Å². The average Bonchev–Trinajstić information content (AvgIpc) is 2.05. The van der Waals surface area contributed by atoms with Crippen LogP contribution < -0.4 is 5.73 Å². The number of nitrogens with two attached hydrogens (primary N) is 1. The van der Waals surface area contributed by atoms with Crippen LogP contribution in [0.25, 0.3) is 0 Å². The van der Waals surface area contributed by atoms with Crippen LogP contribution in [0.1, 0.15) is 37.2 Å². The van der Waals surface area contributed by atoms with Gasteiger partial charge < -0.3 is 5.73 Å². The molecule has 0 aliphatic rings. The Hall–Kier alpha value is -0.890. The third kappa shape index (κ3) is 2.31. The minimum Gasteiger partial charge on any atom is -0.323 e. The van der Waals surface area contributed by atoms with Crippen molar-refractivity contribution < 1.29 is 0 Å². The summed E-state index contributed by atoms with van der Waals surface area (Å²) in [4.78, 5) is 4.37. The van der Waals surface area contributed by atoms with Gasteiger partial charge in [0.05, 0.1) is 5.69 Å². The molecular weight excluding hydrogens is 148 g/mol. The molecule has 1 rings (SSSR count). The Kier molecular flexibility index (Phi) is 3.23. The van der Waals surface area contributed by atoms with E-state index in [1.165, 1.54) is 0 Å². The predicted octanol–water partition coefficient (Wildman–Crippen LogP) is 2.19. The number of nitrogens with zero attached hydrogens (tertiary/aromatic N) is 1. The van der Waals surface area contributed by atoms with Crippen molar-refractivity contribution in [3.63, 3.8) is 0 Å². The second kappa shape index (κ2) is 4.21. The van der Waals surface area contributed by atoms with E-state index in [-0.39, 0.29) is 6.04 Å². The van der Waals surface area contributed by atoms with Crippen molar-refractivity contribution in [1.82, 2.24) is 4.98 Å². The van der Waals surface area contributed by atoms with Gasteiger partial charge in [0.2, 0.25) is 0 Å². The van der Waals surface area contributed by atoms with E-state index in [0.717, 1.165) is 24.2 Å². The fourth-order valence-corrected chi connectivity index (χ4v) is 1.23. The molecule has 0 radical (unpaired) electrons. The van der Waals surface area contributed by atoms with Gasteiger partial charge in [-0.15, -0.1) is 0 Å². The zero-order valence-electron chi connectivity index (χ0n) is 7.75. The molecule has 1 aromatic heterocycles. The number of rotatable bonds is 3. The quantitative estimate of drug-likeness (QED) is 0.743. The molecule has 2 heteroatoms. The van der Waals surface area contributed by atoms with Crippen LogP contribution in [-0.2, 0) is 0 Å². The first-order valence-electron chi connectivity index (χ1n) is 4.43. The van der Waals surface area contributed by atoms with E-state index in [0.29, 0.717) is 0 Å². The van der Waals surface area contributed by atoms with Gasteiger partial charge in [-0.2, -0.15) is 0 Å². The smallest absolute Gasteiger partial charge is 0.0574 e. The molecule has 0 fully saturated rings. The van der Waals surface area contributed by atoms with E-state index in [1.54, 1.807) is 0 Å². The van der Waals surface area contributed by atoms with Gasteiger partial charge in [0.1, 0.15) is 0 Å². The molecule has 0 unspecified atom stereocenters. The second-order valence-electron chi connectivity index (χ2n) is 3.10. The van der Waals surface area contributed by atoms with Crippen molar-refractivity contribution in [3.05, 3.63) is 29.6 Å². The lowest BCUT2D eigenvalue weighted by Crippen LogP contribution is -2.11. The predicted molar refractivity (Wildman–Crippen MR) is 50.8 cm³/mol. The Balaban J connectivity index is 2.73. The molecule has 0 aromatic carbocycles. The zero-order valence-corrected chi connectivity index (χ0v) is 7.75. The van der Waals surface area contributed by atoms with Crippen molar-refractivity contribution in [2.75, 3.05) is 0 Å². The van der Waals surface area contributed by atoms with Crippen LogP contribution in [0.3, 0.4) is 0 Å². The topological polar surface area (TPSA) is 38.9 Å². The summed E-state index contributed by atoms with van der Waals surface area (Å²) in [7, 11) is 0. The van der Waals surface area contributed by atoms with E-state index >= 15 is 0 Å². The largest absolute Gasteiger partial charge is 0.323 e. The van der Waals surface area contributed by atoms with Crippen molar-refractivity contribution in [2.24, 2.45) is 5.73 Å². The lowest BCUT2D eigenvalue weighted by Gasteiger charge is -2.09. The highest BCUT2D eigenvalue weighted by molar-refractivity contribution is 5.12. The summed E-state index contributed by atoms with van der Waals surface area (Å²) < 4.78 is 0. The van der Waals surface area contributed by atoms with Gasteiger partial charge in [0.15, 0.2) is 0 Å². The molecule has 1 atom stereocenters. The van der Waals surface area contributed by atoms with Crippen LogP contribution in [0.4, 0.5) is 0 Å². The molecule has 0 bridgehead atoms. The Morgan fingerprint density at radius 1 is 1.50 bits per heavy atom. The van der Waals surface area contributed by atoms with E-state index in [9.17, 15) is 0 Å². The van der Waals surface area contributed by atoms with Crippen LogP contribution in [0, 0.1) is 6.92 Å². The van der Waals surface area contributed by atoms with Crippen LogP contribution in [0.15, 0.2) is 18.2 Å². The SMILES string of the molecule is CCC[C@@H](N)c1cccc(C)n1. The maximum atomic E-state index is 5.91. The zero-order chi connectivity index (χ0) is 8.97. The minimum absolute atomic E-state index is 0.106. The van der Waals surface area contributed by atoms with Gasteiger partial charge in [-0.05, 0) is 25.5 Å². The summed E-state index contributed by atoms with van der Waals surface area (Å²) in [6, 6.07) is 6.10. The van der Waals surface area contributed by atoms with Crippen LogP contribution in [-0.4, -0.2) is 4.98 Å².